The Bertz CT molecular complexity index is 976. The Morgan fingerprint density at radius 3 is 1.85 bits per heavy atom. The number of nitrogens with one attached hydrogen (secondary N) is 1. The van der Waals surface area contributed by atoms with Crippen LogP contribution >= 0.6 is 19.2 Å². The van der Waals surface area contributed by atoms with Crippen LogP contribution in [-0.4, -0.2) is 35.5 Å². The van der Waals surface area contributed by atoms with Crippen LogP contribution in [0.5, 0.6) is 0 Å². The monoisotopic (exact) mass is 531 g/mol. The summed E-state index contributed by atoms with van der Waals surface area (Å²) in [6.45, 7) is -4.18. The normalized spacial score (nSPS) is 13.3. The highest BCUT2D eigenvalue weighted by Crippen LogP contribution is 2.53. The first-order chi connectivity index (χ1) is 15.0. The highest BCUT2D eigenvalue weighted by Gasteiger charge is 2.38. The molecule has 1 aromatic heterocycles. The van der Waals surface area contributed by atoms with Crippen LogP contribution in [0.2, 0.25) is 5.15 Å². The molecule has 6 nitrogen and oxygen atoms in total. The van der Waals surface area contributed by atoms with Gasteiger partial charge in [-0.3, -0.25) is 13.6 Å². The van der Waals surface area contributed by atoms with E-state index >= 15 is 0 Å². The number of halogens is 10. The largest absolute Gasteiger partial charge is 0.420 e. The standard InChI is InChI=1S/C16H12ClF9N3O3P/c17-12-11(16(24,25)26)5-27-13(29-12)28-10-3-1-9(2-4-10)6-33(30,31-7-14(18,19)20)32-8-15(21,22)23/h1-5H,6-8H2,(H,27,28,29). The first-order valence-electron chi connectivity index (χ1n) is 8.43. The molecule has 0 atom stereocenters. The maximum atomic E-state index is 12.7. The predicted octanol–water partition coefficient (Wildman–Crippen LogP) is 6.74. The molecule has 0 spiro atoms. The SMILES string of the molecule is O=P(Cc1ccc(Nc2ncc(C(F)(F)F)c(Cl)n2)cc1)(OCC(F)(F)F)OCC(F)(F)F. The van der Waals surface area contributed by atoms with Crippen molar-refractivity contribution in [1.82, 2.24) is 9.97 Å². The maximum Gasteiger partial charge on any atom is 0.420 e. The first-order valence-corrected chi connectivity index (χ1v) is 10.5. The van der Waals surface area contributed by atoms with Crippen molar-refractivity contribution in [3.63, 3.8) is 0 Å². The number of nitrogens with zero attached hydrogens (tertiary/aromatic N) is 2. The molecule has 1 heterocycles. The van der Waals surface area contributed by atoms with E-state index in [1.807, 2.05) is 0 Å². The van der Waals surface area contributed by atoms with Gasteiger partial charge in [0.15, 0.2) is 13.2 Å². The Kier molecular flexibility index (Phi) is 8.26. The van der Waals surface area contributed by atoms with E-state index in [1.165, 1.54) is 12.1 Å². The summed E-state index contributed by atoms with van der Waals surface area (Å²) in [6.07, 6.45) is -15.2. The average Bonchev–Trinajstić information content (AvgIpc) is 2.65. The van der Waals surface area contributed by atoms with Gasteiger partial charge in [-0.15, -0.1) is 0 Å². The average molecular weight is 532 g/mol. The number of benzene rings is 1. The van der Waals surface area contributed by atoms with Crippen molar-refractivity contribution in [2.45, 2.75) is 24.7 Å². The fraction of sp³-hybridized carbons (Fsp3) is 0.375. The number of anilines is 2. The quantitative estimate of drug-likeness (QED) is 0.231. The van der Waals surface area contributed by atoms with Gasteiger partial charge in [-0.05, 0) is 17.7 Å². The molecule has 0 fully saturated rings. The molecule has 1 N–H and O–H groups in total. The highest BCUT2D eigenvalue weighted by atomic mass is 35.5. The van der Waals surface area contributed by atoms with Crippen LogP contribution in [0.1, 0.15) is 11.1 Å². The lowest BCUT2D eigenvalue weighted by Gasteiger charge is -2.20. The molecule has 2 rings (SSSR count). The third-order valence-electron chi connectivity index (χ3n) is 3.48. The highest BCUT2D eigenvalue weighted by molar-refractivity contribution is 7.53. The smallest absolute Gasteiger partial charge is 0.324 e. The van der Waals surface area contributed by atoms with E-state index in [-0.39, 0.29) is 17.2 Å². The van der Waals surface area contributed by atoms with Crippen molar-refractivity contribution in [3.8, 4) is 0 Å². The predicted molar refractivity (Wildman–Crippen MR) is 97.1 cm³/mol. The van der Waals surface area contributed by atoms with Crippen molar-refractivity contribution in [2.75, 3.05) is 18.5 Å². The number of rotatable bonds is 8. The second kappa shape index (κ2) is 10.0. The number of hydrogen-bond donors (Lipinski definition) is 1. The van der Waals surface area contributed by atoms with Crippen LogP contribution in [-0.2, 0) is 26.0 Å². The maximum absolute atomic E-state index is 12.7. The molecule has 0 saturated carbocycles. The molecule has 1 aromatic carbocycles. The van der Waals surface area contributed by atoms with E-state index in [0.29, 0.717) is 6.20 Å². The zero-order chi connectivity index (χ0) is 25.1. The Hall–Kier alpha value is -2.09. The van der Waals surface area contributed by atoms with Crippen LogP contribution in [0, 0.1) is 0 Å². The van der Waals surface area contributed by atoms with E-state index in [0.717, 1.165) is 12.1 Å². The molecule has 184 valence electrons. The molecule has 0 bridgehead atoms. The molecule has 0 amide bonds. The van der Waals surface area contributed by atoms with Crippen LogP contribution in [0.15, 0.2) is 30.5 Å². The molecule has 0 radical (unpaired) electrons. The number of aromatic nitrogens is 2. The second-order valence-corrected chi connectivity index (χ2v) is 8.68. The molecule has 0 aliphatic carbocycles. The van der Waals surface area contributed by atoms with Gasteiger partial charge >= 0.3 is 26.1 Å². The van der Waals surface area contributed by atoms with Gasteiger partial charge < -0.3 is 5.32 Å². The van der Waals surface area contributed by atoms with E-state index < -0.39 is 56.2 Å². The lowest BCUT2D eigenvalue weighted by atomic mass is 10.2. The van der Waals surface area contributed by atoms with Crippen LogP contribution in [0.4, 0.5) is 51.1 Å². The van der Waals surface area contributed by atoms with Gasteiger partial charge in [0.1, 0.15) is 10.7 Å². The molecular formula is C16H12ClF9N3O3P. The minimum atomic E-state index is -4.96. The van der Waals surface area contributed by atoms with Crippen LogP contribution in [0.3, 0.4) is 0 Å². The number of alkyl halides is 9. The first kappa shape index (κ1) is 27.2. The van der Waals surface area contributed by atoms with Crippen LogP contribution in [0.25, 0.3) is 0 Å². The number of hydrogen-bond acceptors (Lipinski definition) is 6. The Balaban J connectivity index is 2.12. The van der Waals surface area contributed by atoms with Gasteiger partial charge in [-0.1, -0.05) is 23.7 Å². The zero-order valence-corrected chi connectivity index (χ0v) is 17.5. The third-order valence-corrected chi connectivity index (χ3v) is 5.57. The summed E-state index contributed by atoms with van der Waals surface area (Å²) in [5, 5.41) is 1.63. The lowest BCUT2D eigenvalue weighted by molar-refractivity contribution is -0.165. The van der Waals surface area contributed by atoms with E-state index in [4.69, 9.17) is 11.6 Å². The molecule has 2 aromatic rings. The lowest BCUT2D eigenvalue weighted by Crippen LogP contribution is -2.20. The topological polar surface area (TPSA) is 73.3 Å². The van der Waals surface area contributed by atoms with Crippen molar-refractivity contribution in [3.05, 3.63) is 46.7 Å². The zero-order valence-electron chi connectivity index (χ0n) is 15.9. The van der Waals surface area contributed by atoms with Crippen molar-refractivity contribution in [1.29, 1.82) is 0 Å². The Labute approximate surface area is 184 Å². The van der Waals surface area contributed by atoms with Crippen LogP contribution < -0.4 is 5.32 Å². The van der Waals surface area contributed by atoms with E-state index in [2.05, 4.69) is 24.3 Å². The van der Waals surface area contributed by atoms with E-state index in [9.17, 15) is 44.1 Å². The molecule has 0 saturated heterocycles. The minimum absolute atomic E-state index is 0.0143. The molecule has 0 aliphatic rings. The summed E-state index contributed by atoms with van der Waals surface area (Å²) < 4.78 is 133. The van der Waals surface area contributed by atoms with Gasteiger partial charge in [0.25, 0.3) is 0 Å². The van der Waals surface area contributed by atoms with Gasteiger partial charge in [0.2, 0.25) is 5.95 Å². The second-order valence-electron chi connectivity index (χ2n) is 6.26. The molecular weight excluding hydrogens is 520 g/mol. The third kappa shape index (κ3) is 9.35. The van der Waals surface area contributed by atoms with Gasteiger partial charge in [0.05, 0.1) is 6.16 Å². The Morgan fingerprint density at radius 1 is 0.909 bits per heavy atom. The molecule has 33 heavy (non-hydrogen) atoms. The Morgan fingerprint density at radius 2 is 1.42 bits per heavy atom. The van der Waals surface area contributed by atoms with Gasteiger partial charge in [0, 0.05) is 11.9 Å². The molecule has 17 heteroatoms. The fourth-order valence-corrected chi connectivity index (χ4v) is 3.97. The summed E-state index contributed by atoms with van der Waals surface area (Å²) in [5.41, 5.74) is -1.12. The summed E-state index contributed by atoms with van der Waals surface area (Å²) in [6, 6.07) is 4.77. The summed E-state index contributed by atoms with van der Waals surface area (Å²) in [4.78, 5) is 6.89. The van der Waals surface area contributed by atoms with Gasteiger partial charge in [-0.25, -0.2) is 9.97 Å². The molecule has 0 aliphatic heterocycles. The van der Waals surface area contributed by atoms with E-state index in [1.54, 1.807) is 0 Å². The summed E-state index contributed by atoms with van der Waals surface area (Å²) >= 11 is 5.47. The summed E-state index contributed by atoms with van der Waals surface area (Å²) in [5.74, 6) is -0.326. The van der Waals surface area contributed by atoms with Crippen molar-refractivity contribution < 1.29 is 53.1 Å². The van der Waals surface area contributed by atoms with Crippen molar-refractivity contribution in [2.24, 2.45) is 0 Å². The van der Waals surface area contributed by atoms with Gasteiger partial charge in [-0.2, -0.15) is 39.5 Å². The minimum Gasteiger partial charge on any atom is -0.324 e. The summed E-state index contributed by atoms with van der Waals surface area (Å²) in [7, 11) is -4.85. The fourth-order valence-electron chi connectivity index (χ4n) is 2.13. The molecule has 0 unspecified atom stereocenters. The van der Waals surface area contributed by atoms with Crippen molar-refractivity contribution >= 4 is 30.8 Å².